The Morgan fingerprint density at radius 3 is 3.00 bits per heavy atom. The van der Waals surface area contributed by atoms with Gasteiger partial charge in [-0.1, -0.05) is 17.4 Å². The van der Waals surface area contributed by atoms with Crippen molar-refractivity contribution < 1.29 is 4.74 Å². The number of hydrogen-bond donors (Lipinski definition) is 2. The Morgan fingerprint density at radius 2 is 2.33 bits per heavy atom. The molecule has 0 spiro atoms. The van der Waals surface area contributed by atoms with Crippen molar-refractivity contribution in [1.82, 2.24) is 10.2 Å². The Morgan fingerprint density at radius 1 is 1.50 bits per heavy atom. The highest BCUT2D eigenvalue weighted by Crippen LogP contribution is 2.22. The Kier molecular flexibility index (Phi) is 3.72. The van der Waals surface area contributed by atoms with Crippen LogP contribution in [0.3, 0.4) is 0 Å². The predicted molar refractivity (Wildman–Crippen MR) is 67.9 cm³/mol. The van der Waals surface area contributed by atoms with Crippen LogP contribution in [-0.2, 0) is 6.61 Å². The molecule has 0 atom stereocenters. The van der Waals surface area contributed by atoms with E-state index in [1.165, 1.54) is 11.3 Å². The maximum absolute atomic E-state index is 8.83. The Balaban J connectivity index is 2.08. The summed E-state index contributed by atoms with van der Waals surface area (Å²) in [5, 5.41) is 17.8. The Labute approximate surface area is 108 Å². The van der Waals surface area contributed by atoms with Gasteiger partial charge in [0.2, 0.25) is 5.13 Å². The molecular formula is C11H11N5OS. The third-order valence-electron chi connectivity index (χ3n) is 2.26. The first-order chi connectivity index (χ1) is 8.72. The van der Waals surface area contributed by atoms with Gasteiger partial charge in [-0.25, -0.2) is 5.84 Å². The van der Waals surface area contributed by atoms with E-state index in [2.05, 4.69) is 21.7 Å². The lowest BCUT2D eigenvalue weighted by atomic mass is 10.1. The highest BCUT2D eigenvalue weighted by Gasteiger charge is 2.06. The fraction of sp³-hybridized carbons (Fsp3) is 0.182. The summed E-state index contributed by atoms with van der Waals surface area (Å²) in [5.74, 6) is 5.89. The molecule has 0 fully saturated rings. The van der Waals surface area contributed by atoms with Crippen molar-refractivity contribution in [2.24, 2.45) is 5.84 Å². The molecule has 0 aliphatic rings. The van der Waals surface area contributed by atoms with Crippen molar-refractivity contribution in [3.63, 3.8) is 0 Å². The van der Waals surface area contributed by atoms with E-state index in [1.54, 1.807) is 12.1 Å². The molecule has 2 rings (SSSR count). The topological polar surface area (TPSA) is 96.8 Å². The maximum atomic E-state index is 8.83. The second-order valence-electron chi connectivity index (χ2n) is 3.53. The first kappa shape index (κ1) is 12.3. The fourth-order valence-corrected chi connectivity index (χ4v) is 1.90. The van der Waals surface area contributed by atoms with Crippen molar-refractivity contribution in [1.29, 1.82) is 5.26 Å². The molecule has 0 aliphatic carbocycles. The van der Waals surface area contributed by atoms with E-state index >= 15 is 0 Å². The quantitative estimate of drug-likeness (QED) is 0.640. The number of aryl methyl sites for hydroxylation is 1. The summed E-state index contributed by atoms with van der Waals surface area (Å²) in [6, 6.07) is 7.38. The van der Waals surface area contributed by atoms with Crippen molar-refractivity contribution >= 4 is 16.5 Å². The summed E-state index contributed by atoms with van der Waals surface area (Å²) in [4.78, 5) is 0. The average molecular weight is 261 g/mol. The summed E-state index contributed by atoms with van der Waals surface area (Å²) in [5.41, 5.74) is 3.96. The molecule has 1 aromatic carbocycles. The van der Waals surface area contributed by atoms with E-state index in [9.17, 15) is 0 Å². The van der Waals surface area contributed by atoms with E-state index in [0.717, 1.165) is 5.56 Å². The second kappa shape index (κ2) is 5.44. The Bertz CT molecular complexity index is 589. The van der Waals surface area contributed by atoms with Gasteiger partial charge in [0.1, 0.15) is 12.4 Å². The number of ether oxygens (including phenoxy) is 1. The molecule has 3 N–H and O–H groups in total. The monoisotopic (exact) mass is 261 g/mol. The van der Waals surface area contributed by atoms with Crippen LogP contribution in [0.15, 0.2) is 18.2 Å². The minimum absolute atomic E-state index is 0.301. The number of hydrogen-bond acceptors (Lipinski definition) is 7. The van der Waals surface area contributed by atoms with E-state index in [4.69, 9.17) is 15.8 Å². The van der Waals surface area contributed by atoms with Gasteiger partial charge in [-0.05, 0) is 24.6 Å². The van der Waals surface area contributed by atoms with Gasteiger partial charge in [-0.3, -0.25) is 5.43 Å². The van der Waals surface area contributed by atoms with E-state index in [0.29, 0.717) is 28.1 Å². The maximum Gasteiger partial charge on any atom is 0.219 e. The summed E-state index contributed by atoms with van der Waals surface area (Å²) in [7, 11) is 0. The largest absolute Gasteiger partial charge is 0.486 e. The first-order valence-corrected chi connectivity index (χ1v) is 5.97. The van der Waals surface area contributed by atoms with Gasteiger partial charge < -0.3 is 4.74 Å². The highest BCUT2D eigenvalue weighted by molar-refractivity contribution is 7.15. The zero-order chi connectivity index (χ0) is 13.0. The van der Waals surface area contributed by atoms with Gasteiger partial charge in [0.15, 0.2) is 5.01 Å². The highest BCUT2D eigenvalue weighted by atomic mass is 32.1. The van der Waals surface area contributed by atoms with Gasteiger partial charge in [0.05, 0.1) is 11.6 Å². The zero-order valence-corrected chi connectivity index (χ0v) is 10.5. The van der Waals surface area contributed by atoms with Crippen LogP contribution in [-0.4, -0.2) is 10.2 Å². The molecule has 92 valence electrons. The SMILES string of the molecule is Cc1ccc(C#N)cc1OCc1nnc(NN)s1. The number of nitrogens with two attached hydrogens (primary N) is 1. The van der Waals surface area contributed by atoms with Crippen molar-refractivity contribution in [3.05, 3.63) is 34.3 Å². The minimum atomic E-state index is 0.301. The fourth-order valence-electron chi connectivity index (χ4n) is 1.33. The van der Waals surface area contributed by atoms with Crippen molar-refractivity contribution in [2.75, 3.05) is 5.43 Å². The standard InChI is InChI=1S/C11H11N5OS/c1-7-2-3-8(5-12)4-9(7)17-6-10-15-16-11(14-13)18-10/h2-4H,6,13H2,1H3,(H,14,16). The molecule has 2 aromatic rings. The Hall–Kier alpha value is -2.17. The number of aromatic nitrogens is 2. The summed E-state index contributed by atoms with van der Waals surface area (Å²) >= 11 is 1.32. The van der Waals surface area contributed by atoms with E-state index < -0.39 is 0 Å². The van der Waals surface area contributed by atoms with Crippen LogP contribution in [0.2, 0.25) is 0 Å². The summed E-state index contributed by atoms with van der Waals surface area (Å²) in [6.45, 7) is 2.22. The number of rotatable bonds is 4. The number of nitrogens with zero attached hydrogens (tertiary/aromatic N) is 3. The third kappa shape index (κ3) is 2.74. The molecule has 1 aromatic heterocycles. The van der Waals surface area contributed by atoms with E-state index in [-0.39, 0.29) is 0 Å². The van der Waals surface area contributed by atoms with Gasteiger partial charge in [0, 0.05) is 0 Å². The number of hydrazine groups is 1. The molecule has 0 unspecified atom stereocenters. The van der Waals surface area contributed by atoms with Crippen LogP contribution in [0, 0.1) is 18.3 Å². The molecule has 1 heterocycles. The predicted octanol–water partition coefficient (Wildman–Crippen LogP) is 1.58. The molecule has 0 amide bonds. The normalized spacial score (nSPS) is 9.83. The number of nitriles is 1. The molecule has 7 heteroatoms. The van der Waals surface area contributed by atoms with E-state index in [1.807, 2.05) is 13.0 Å². The molecule has 0 bridgehead atoms. The smallest absolute Gasteiger partial charge is 0.219 e. The van der Waals surface area contributed by atoms with Crippen LogP contribution < -0.4 is 16.0 Å². The summed E-state index contributed by atoms with van der Waals surface area (Å²) < 4.78 is 5.61. The van der Waals surface area contributed by atoms with Crippen LogP contribution in [0.25, 0.3) is 0 Å². The van der Waals surface area contributed by atoms with Crippen molar-refractivity contribution in [3.8, 4) is 11.8 Å². The molecule has 6 nitrogen and oxygen atoms in total. The second-order valence-corrected chi connectivity index (χ2v) is 4.59. The van der Waals surface area contributed by atoms with Gasteiger partial charge in [-0.15, -0.1) is 10.2 Å². The van der Waals surface area contributed by atoms with Gasteiger partial charge in [-0.2, -0.15) is 5.26 Å². The first-order valence-electron chi connectivity index (χ1n) is 5.15. The minimum Gasteiger partial charge on any atom is -0.486 e. The zero-order valence-electron chi connectivity index (χ0n) is 9.67. The number of benzene rings is 1. The van der Waals surface area contributed by atoms with Gasteiger partial charge >= 0.3 is 0 Å². The molecule has 0 saturated carbocycles. The third-order valence-corrected chi connectivity index (χ3v) is 3.09. The number of nitrogens with one attached hydrogen (secondary N) is 1. The lowest BCUT2D eigenvalue weighted by Crippen LogP contribution is -2.05. The van der Waals surface area contributed by atoms with Crippen molar-refractivity contribution in [2.45, 2.75) is 13.5 Å². The molecule has 18 heavy (non-hydrogen) atoms. The lowest BCUT2D eigenvalue weighted by Gasteiger charge is -2.07. The van der Waals surface area contributed by atoms with Crippen LogP contribution >= 0.6 is 11.3 Å². The molecule has 0 aliphatic heterocycles. The molecule has 0 radical (unpaired) electrons. The molecule has 0 saturated heterocycles. The van der Waals surface area contributed by atoms with Gasteiger partial charge in [0.25, 0.3) is 0 Å². The lowest BCUT2D eigenvalue weighted by molar-refractivity contribution is 0.302. The summed E-state index contributed by atoms with van der Waals surface area (Å²) in [6.07, 6.45) is 0. The van der Waals surface area contributed by atoms with Crippen LogP contribution in [0.1, 0.15) is 16.1 Å². The number of nitrogen functional groups attached to an aromatic ring is 1. The average Bonchev–Trinajstić information content (AvgIpc) is 2.86. The van der Waals surface area contributed by atoms with Crippen LogP contribution in [0.4, 0.5) is 5.13 Å². The number of anilines is 1. The van der Waals surface area contributed by atoms with Crippen LogP contribution in [0.5, 0.6) is 5.75 Å². The molecular weight excluding hydrogens is 250 g/mol.